The molecule has 3 aliphatic heterocycles. The maximum Gasteiger partial charge on any atom is 0.407 e. The topological polar surface area (TPSA) is 211 Å². The number of hydrogen-bond donors (Lipinski definition) is 6. The Bertz CT molecular complexity index is 2860. The van der Waals surface area contributed by atoms with Crippen molar-refractivity contribution in [3.63, 3.8) is 0 Å². The van der Waals surface area contributed by atoms with Crippen LogP contribution in [-0.4, -0.2) is 149 Å². The van der Waals surface area contributed by atoms with Crippen molar-refractivity contribution in [2.75, 3.05) is 44.9 Å². The van der Waals surface area contributed by atoms with E-state index in [1.54, 1.807) is 31.3 Å². The van der Waals surface area contributed by atoms with Gasteiger partial charge in [0.25, 0.3) is 5.91 Å². The molecule has 79 heavy (non-hydrogen) atoms. The van der Waals surface area contributed by atoms with Gasteiger partial charge >= 0.3 is 24.5 Å². The van der Waals surface area contributed by atoms with Crippen molar-refractivity contribution in [2.24, 2.45) is 10.8 Å². The lowest BCUT2D eigenvalue weighted by atomic mass is 9.82. The summed E-state index contributed by atoms with van der Waals surface area (Å²) in [6.45, 7) is 5.07. The zero-order chi connectivity index (χ0) is 57.8. The number of nitrogens with one attached hydrogen (secondary N) is 4. The van der Waals surface area contributed by atoms with Gasteiger partial charge in [-0.05, 0) is 107 Å². The van der Waals surface area contributed by atoms with Gasteiger partial charge in [0.1, 0.15) is 29.5 Å². The maximum atomic E-state index is 16.1. The van der Waals surface area contributed by atoms with E-state index in [-0.39, 0.29) is 11.3 Å². The number of carbonyl (C=O) groups excluding carboxylic acids is 3. The number of carboxylic acid groups (broad SMARTS) is 1. The van der Waals surface area contributed by atoms with Crippen LogP contribution in [0.1, 0.15) is 68.4 Å². The van der Waals surface area contributed by atoms with E-state index < -0.39 is 108 Å². The van der Waals surface area contributed by atoms with E-state index in [9.17, 15) is 55.7 Å². The quantitative estimate of drug-likeness (QED) is 0.0351. The van der Waals surface area contributed by atoms with Crippen LogP contribution in [0.2, 0.25) is 0 Å². The third-order valence-corrected chi connectivity index (χ3v) is 14.7. The molecule has 0 saturated carbocycles. The van der Waals surface area contributed by atoms with Gasteiger partial charge < -0.3 is 40.5 Å². The van der Waals surface area contributed by atoms with Crippen LogP contribution < -0.4 is 26.3 Å². The van der Waals surface area contributed by atoms with Gasteiger partial charge in [0.05, 0.1) is 55.0 Å². The number of alkyl carbamates (subject to hydrolysis) is 1. The van der Waals surface area contributed by atoms with Crippen LogP contribution in [0.3, 0.4) is 0 Å². The molecule has 3 aliphatic rings. The molecule has 0 aliphatic carbocycles. The molecule has 7 rings (SSSR count). The standard InChI is InChI=1S/C54H61F8N9O8/c1-30-7-17-41(63-22-30)34-20-39(55)38(40(56)21-34)26-70(68-48(74)46(66-49(75)76)52(4,5)54(60,61)62)27-43(72)42(65-47(73)45(67-50(77)78-6)51(2,3)53(57,58)59)19-32-11-8-31(9-12-32)10-13-33-14-18-44(64-23-33)69-24-35-15-16-36(25-69)71(35)37-28-79-29-37/h7-9,11-12,14,17-18,20-23,35-37,42-43,45-46,66,72H,15-16,19,24-29H2,1-6H3,(H,65,73)(H,67,77)(H,68,74)(H,75,76). The fraction of sp³-hybridized carbons (Fsp3) is 0.481. The number of piperazine rings is 1. The molecule has 4 aromatic rings. The number of halogens is 8. The number of carbonyl (C=O) groups is 4. The zero-order valence-corrected chi connectivity index (χ0v) is 43.9. The molecule has 5 heterocycles. The molecule has 6 atom stereocenters. The molecule has 2 bridgehead atoms. The first-order chi connectivity index (χ1) is 37.1. The van der Waals surface area contributed by atoms with Gasteiger partial charge in [-0.2, -0.15) is 26.3 Å². The number of aliphatic hydroxyl groups excluding tert-OH is 1. The van der Waals surface area contributed by atoms with E-state index in [1.165, 1.54) is 29.7 Å². The van der Waals surface area contributed by atoms with Crippen molar-refractivity contribution in [3.05, 3.63) is 113 Å². The monoisotopic (exact) mass is 1120 g/mol. The van der Waals surface area contributed by atoms with Crippen LogP contribution >= 0.6 is 0 Å². The van der Waals surface area contributed by atoms with Crippen LogP contribution in [0.4, 0.5) is 50.5 Å². The molecular formula is C54H61F8N9O8. The molecule has 0 radical (unpaired) electrons. The number of methoxy groups -OCH3 is 1. The van der Waals surface area contributed by atoms with Gasteiger partial charge in [0, 0.05) is 72.9 Å². The number of alkyl halides is 6. The van der Waals surface area contributed by atoms with Crippen LogP contribution in [-0.2, 0) is 32.0 Å². The molecule has 6 N–H and O–H groups in total. The normalized spacial score (nSPS) is 18.6. The Labute approximate surface area is 450 Å². The van der Waals surface area contributed by atoms with Crippen molar-refractivity contribution in [3.8, 4) is 23.1 Å². The van der Waals surface area contributed by atoms with Gasteiger partial charge in [-0.25, -0.2) is 28.4 Å². The SMILES string of the molecule is COC(=O)NC(C(=O)NC(Cc1ccc(C#Cc2ccc(N3CC4CCC(C3)N4C3COC3)nc2)cc1)C(O)CN(Cc1c(F)cc(-c2ccc(C)cn2)cc1F)NC(=O)C(NC(=O)O)C(C)(C)C(F)(F)F)C(C)(C)C(F)(F)F. The van der Waals surface area contributed by atoms with E-state index in [2.05, 4.69) is 41.7 Å². The highest BCUT2D eigenvalue weighted by molar-refractivity contribution is 5.87. The Morgan fingerprint density at radius 3 is 1.87 bits per heavy atom. The third kappa shape index (κ3) is 14.0. The lowest BCUT2D eigenvalue weighted by Crippen LogP contribution is -2.63. The number of amides is 4. The maximum absolute atomic E-state index is 16.1. The van der Waals surface area contributed by atoms with E-state index in [0.717, 1.165) is 69.8 Å². The van der Waals surface area contributed by atoms with Crippen LogP contribution in [0, 0.1) is 41.2 Å². The number of nitrogens with zero attached hydrogens (tertiary/aromatic N) is 5. The molecule has 2 aromatic heterocycles. The van der Waals surface area contributed by atoms with Gasteiger partial charge in [-0.1, -0.05) is 30.0 Å². The fourth-order valence-corrected chi connectivity index (χ4v) is 9.66. The number of ether oxygens (including phenoxy) is 2. The zero-order valence-electron chi connectivity index (χ0n) is 43.9. The highest BCUT2D eigenvalue weighted by Gasteiger charge is 2.57. The van der Waals surface area contributed by atoms with Crippen molar-refractivity contribution in [1.29, 1.82) is 0 Å². The average Bonchev–Trinajstić information content (AvgIpc) is 3.87. The molecule has 2 aromatic carbocycles. The predicted octanol–water partition coefficient (Wildman–Crippen LogP) is 6.64. The minimum atomic E-state index is -5.24. The first kappa shape index (κ1) is 59.5. The van der Waals surface area contributed by atoms with Gasteiger partial charge in [-0.15, -0.1) is 0 Å². The minimum absolute atomic E-state index is 0.0404. The lowest BCUT2D eigenvalue weighted by Gasteiger charge is -2.47. The number of benzene rings is 2. The summed E-state index contributed by atoms with van der Waals surface area (Å²) in [6.07, 6.45) is -11.1. The second kappa shape index (κ2) is 24.1. The Morgan fingerprint density at radius 1 is 0.785 bits per heavy atom. The smallest absolute Gasteiger partial charge is 0.407 e. The second-order valence-corrected chi connectivity index (χ2v) is 21.1. The average molecular weight is 1120 g/mol. The van der Waals surface area contributed by atoms with E-state index >= 15 is 8.78 Å². The Hall–Kier alpha value is -7.14. The molecule has 3 fully saturated rings. The number of aliphatic hydroxyl groups is 1. The number of anilines is 1. The third-order valence-electron chi connectivity index (χ3n) is 14.7. The van der Waals surface area contributed by atoms with E-state index in [4.69, 9.17) is 4.74 Å². The molecule has 25 heteroatoms. The van der Waals surface area contributed by atoms with Gasteiger partial charge in [0.2, 0.25) is 5.91 Å². The van der Waals surface area contributed by atoms with Crippen molar-refractivity contribution in [2.45, 2.75) is 115 Å². The van der Waals surface area contributed by atoms with Crippen LogP contribution in [0.5, 0.6) is 0 Å². The Balaban J connectivity index is 1.17. The Morgan fingerprint density at radius 2 is 1.37 bits per heavy atom. The van der Waals surface area contributed by atoms with Crippen LogP contribution in [0.25, 0.3) is 11.3 Å². The number of hydrazine groups is 1. The molecule has 6 unspecified atom stereocenters. The minimum Gasteiger partial charge on any atom is -0.465 e. The van der Waals surface area contributed by atoms with E-state index in [0.29, 0.717) is 67.5 Å². The summed E-state index contributed by atoms with van der Waals surface area (Å²) in [5.41, 5.74) is -2.72. The van der Waals surface area contributed by atoms with Crippen molar-refractivity contribution >= 4 is 29.8 Å². The second-order valence-electron chi connectivity index (χ2n) is 21.1. The summed E-state index contributed by atoms with van der Waals surface area (Å²) >= 11 is 0. The summed E-state index contributed by atoms with van der Waals surface area (Å²) in [7, 11) is 0.838. The van der Waals surface area contributed by atoms with Crippen molar-refractivity contribution < 1.29 is 74.0 Å². The van der Waals surface area contributed by atoms with E-state index in [1.807, 2.05) is 22.9 Å². The number of hydrogen-bond acceptors (Lipinski definition) is 12. The molecule has 4 amide bonds. The lowest BCUT2D eigenvalue weighted by molar-refractivity contribution is -0.221. The van der Waals surface area contributed by atoms with Gasteiger partial charge in [-0.3, -0.25) is 24.9 Å². The fourth-order valence-electron chi connectivity index (χ4n) is 9.66. The van der Waals surface area contributed by atoms with Crippen molar-refractivity contribution in [1.82, 2.24) is 41.3 Å². The molecule has 3 saturated heterocycles. The molecular weight excluding hydrogens is 1050 g/mol. The molecule has 426 valence electrons. The predicted molar refractivity (Wildman–Crippen MR) is 271 cm³/mol. The van der Waals surface area contributed by atoms with Crippen LogP contribution in [0.15, 0.2) is 73.1 Å². The summed E-state index contributed by atoms with van der Waals surface area (Å²) in [4.78, 5) is 65.9. The number of aromatic nitrogens is 2. The summed E-state index contributed by atoms with van der Waals surface area (Å²) in [5.74, 6) is 1.17. The molecule has 0 spiro atoms. The van der Waals surface area contributed by atoms with Gasteiger partial charge in [0.15, 0.2) is 0 Å². The first-order valence-corrected chi connectivity index (χ1v) is 25.2. The number of pyridine rings is 2. The number of aryl methyl sites for hydroxylation is 1. The largest absolute Gasteiger partial charge is 0.465 e. The summed E-state index contributed by atoms with van der Waals surface area (Å²) in [5, 5.41) is 27.8. The number of fused-ring (bicyclic) bond motifs is 2. The Kier molecular flexibility index (Phi) is 18.1. The molecule has 17 nitrogen and oxygen atoms in total. The highest BCUT2D eigenvalue weighted by atomic mass is 19.4. The summed E-state index contributed by atoms with van der Waals surface area (Å²) in [6, 6.07) is 9.31. The summed E-state index contributed by atoms with van der Waals surface area (Å²) < 4.78 is 129. The number of rotatable bonds is 18. The highest BCUT2D eigenvalue weighted by Crippen LogP contribution is 2.42. The first-order valence-electron chi connectivity index (χ1n) is 25.2.